The first kappa shape index (κ1) is 13.9. The molecule has 0 saturated carbocycles. The lowest BCUT2D eigenvalue weighted by Crippen LogP contribution is -2.42. The predicted octanol–water partition coefficient (Wildman–Crippen LogP) is 1.38. The minimum Gasteiger partial charge on any atom is -0.465 e. The van der Waals surface area contributed by atoms with Crippen molar-refractivity contribution in [1.29, 1.82) is 5.41 Å². The van der Waals surface area contributed by atoms with Crippen LogP contribution < -0.4 is 0 Å². The highest BCUT2D eigenvalue weighted by Gasteiger charge is 2.24. The molecule has 21 heavy (non-hydrogen) atoms. The third-order valence-electron chi connectivity index (χ3n) is 4.12. The number of carboxylic acid groups (broad SMARTS) is 1. The molecule has 0 bridgehead atoms. The Morgan fingerprint density at radius 1 is 1.19 bits per heavy atom. The number of benzene rings is 1. The van der Waals surface area contributed by atoms with Gasteiger partial charge in [-0.15, -0.1) is 0 Å². The average Bonchev–Trinajstić information content (AvgIpc) is 2.54. The molecule has 2 N–H and O–H groups in total. The minimum atomic E-state index is -0.880. The number of carbonyl (C=O) groups is 1. The van der Waals surface area contributed by atoms with Crippen LogP contribution in [0.5, 0.6) is 0 Å². The van der Waals surface area contributed by atoms with E-state index >= 15 is 0 Å². The zero-order valence-corrected chi connectivity index (χ0v) is 11.8. The number of hydrogen-bond acceptors (Lipinski definition) is 3. The molecule has 0 unspecified atom stereocenters. The Labute approximate surface area is 123 Å². The quantitative estimate of drug-likeness (QED) is 0.605. The summed E-state index contributed by atoms with van der Waals surface area (Å²) in [5.74, 6) is 0.527. The van der Waals surface area contributed by atoms with Gasteiger partial charge in [-0.2, -0.15) is 0 Å². The first-order valence-electron chi connectivity index (χ1n) is 7.17. The molecule has 1 aromatic carbocycles. The number of nitrogens with one attached hydrogen (secondary N) is 1. The van der Waals surface area contributed by atoms with Crippen LogP contribution in [0.4, 0.5) is 4.79 Å². The predicted molar refractivity (Wildman–Crippen MR) is 77.8 cm³/mol. The lowest BCUT2D eigenvalue weighted by atomic mass is 9.93. The molecule has 0 aliphatic carbocycles. The first-order chi connectivity index (χ1) is 10.2. The Morgan fingerprint density at radius 2 is 1.95 bits per heavy atom. The van der Waals surface area contributed by atoms with Crippen LogP contribution in [0.25, 0.3) is 0 Å². The summed E-state index contributed by atoms with van der Waals surface area (Å²) in [4.78, 5) is 14.5. The second-order valence-electron chi connectivity index (χ2n) is 5.35. The highest BCUT2D eigenvalue weighted by Crippen LogP contribution is 2.24. The summed E-state index contributed by atoms with van der Waals surface area (Å²) in [6.07, 6.45) is -0.209. The van der Waals surface area contributed by atoms with Gasteiger partial charge in [0.15, 0.2) is 0 Å². The van der Waals surface area contributed by atoms with E-state index in [9.17, 15) is 4.79 Å². The number of amides is 1. The minimum absolute atomic E-state index is 0.412. The highest BCUT2D eigenvalue weighted by molar-refractivity contribution is 5.98. The fraction of sp³-hybridized carbons (Fsp3) is 0.467. The van der Waals surface area contributed by atoms with Gasteiger partial charge in [-0.25, -0.2) is 4.79 Å². The molecule has 6 heteroatoms. The smallest absolute Gasteiger partial charge is 0.407 e. The Balaban J connectivity index is 1.86. The molecule has 0 radical (unpaired) electrons. The Kier molecular flexibility index (Phi) is 3.79. The van der Waals surface area contributed by atoms with Crippen LogP contribution in [0.2, 0.25) is 0 Å². The summed E-state index contributed by atoms with van der Waals surface area (Å²) in [6, 6.07) is 5.84. The number of nitrogens with zero attached hydrogens (tertiary/aromatic N) is 2. The largest absolute Gasteiger partial charge is 0.465 e. The van der Waals surface area contributed by atoms with Gasteiger partial charge in [0.1, 0.15) is 5.84 Å². The molecular formula is C15H19N3O3. The molecule has 1 amide bonds. The molecule has 2 heterocycles. The van der Waals surface area contributed by atoms with Gasteiger partial charge in [0.05, 0.1) is 13.2 Å². The molecule has 6 nitrogen and oxygen atoms in total. The summed E-state index contributed by atoms with van der Waals surface area (Å²) in [5.41, 5.74) is 3.06. The number of rotatable bonds is 1. The fourth-order valence-electron chi connectivity index (χ4n) is 2.95. The van der Waals surface area contributed by atoms with E-state index in [0.717, 1.165) is 29.8 Å². The molecule has 3 rings (SSSR count). The molecule has 1 fully saturated rings. The van der Waals surface area contributed by atoms with Crippen molar-refractivity contribution in [3.05, 3.63) is 34.9 Å². The van der Waals surface area contributed by atoms with Gasteiger partial charge in [0.25, 0.3) is 0 Å². The normalized spacial score (nSPS) is 18.3. The standard InChI is InChI=1S/C15H19N3O3/c16-14(17-6-8-21-9-7-17)13-3-1-2-11-10-18(15(19)20)5-4-12(11)13/h1-3,16H,4-10H2,(H,19,20). The number of morpholine rings is 1. The van der Waals surface area contributed by atoms with Crippen LogP contribution in [0.15, 0.2) is 18.2 Å². The van der Waals surface area contributed by atoms with E-state index in [-0.39, 0.29) is 0 Å². The van der Waals surface area contributed by atoms with Gasteiger partial charge in [0, 0.05) is 31.7 Å². The topological polar surface area (TPSA) is 76.9 Å². The SMILES string of the molecule is N=C(c1cccc2c1CCN(C(=O)O)C2)N1CCOCC1. The maximum atomic E-state index is 11.1. The summed E-state index contributed by atoms with van der Waals surface area (Å²) in [5, 5.41) is 17.5. The van der Waals surface area contributed by atoms with E-state index < -0.39 is 6.09 Å². The van der Waals surface area contributed by atoms with Gasteiger partial charge in [0.2, 0.25) is 0 Å². The highest BCUT2D eigenvalue weighted by atomic mass is 16.5. The number of fused-ring (bicyclic) bond motifs is 1. The van der Waals surface area contributed by atoms with Crippen LogP contribution in [0.3, 0.4) is 0 Å². The number of ether oxygens (including phenoxy) is 1. The molecule has 2 aliphatic heterocycles. The van der Waals surface area contributed by atoms with Gasteiger partial charge in [-0.1, -0.05) is 18.2 Å². The third kappa shape index (κ3) is 2.71. The van der Waals surface area contributed by atoms with Crippen molar-refractivity contribution in [3.8, 4) is 0 Å². The average molecular weight is 289 g/mol. The van der Waals surface area contributed by atoms with Crippen molar-refractivity contribution >= 4 is 11.9 Å². The van der Waals surface area contributed by atoms with Crippen LogP contribution in [0, 0.1) is 5.41 Å². The van der Waals surface area contributed by atoms with Gasteiger partial charge in [-0.3, -0.25) is 5.41 Å². The Hall–Kier alpha value is -2.08. The zero-order chi connectivity index (χ0) is 14.8. The molecule has 0 atom stereocenters. The van der Waals surface area contributed by atoms with Crippen molar-refractivity contribution in [1.82, 2.24) is 9.80 Å². The van der Waals surface area contributed by atoms with E-state index in [2.05, 4.69) is 0 Å². The van der Waals surface area contributed by atoms with Crippen LogP contribution >= 0.6 is 0 Å². The molecule has 0 aromatic heterocycles. The van der Waals surface area contributed by atoms with Crippen molar-refractivity contribution in [2.75, 3.05) is 32.8 Å². The van der Waals surface area contributed by atoms with E-state index in [4.69, 9.17) is 15.3 Å². The zero-order valence-electron chi connectivity index (χ0n) is 11.8. The fourth-order valence-corrected chi connectivity index (χ4v) is 2.95. The van der Waals surface area contributed by atoms with Gasteiger partial charge in [-0.05, 0) is 17.5 Å². The monoisotopic (exact) mass is 289 g/mol. The Morgan fingerprint density at radius 3 is 2.67 bits per heavy atom. The molecular weight excluding hydrogens is 270 g/mol. The van der Waals surface area contributed by atoms with E-state index in [0.29, 0.717) is 38.6 Å². The molecule has 1 saturated heterocycles. The second kappa shape index (κ2) is 5.73. The third-order valence-corrected chi connectivity index (χ3v) is 4.12. The van der Waals surface area contributed by atoms with Gasteiger partial charge >= 0.3 is 6.09 Å². The molecule has 0 spiro atoms. The van der Waals surface area contributed by atoms with Crippen molar-refractivity contribution < 1.29 is 14.6 Å². The maximum absolute atomic E-state index is 11.1. The number of hydrogen-bond donors (Lipinski definition) is 2. The van der Waals surface area contributed by atoms with E-state index in [1.54, 1.807) is 0 Å². The summed E-state index contributed by atoms with van der Waals surface area (Å²) in [6.45, 7) is 3.70. The lowest BCUT2D eigenvalue weighted by molar-refractivity contribution is 0.0679. The van der Waals surface area contributed by atoms with Crippen LogP contribution in [0.1, 0.15) is 16.7 Å². The summed E-state index contributed by atoms with van der Waals surface area (Å²) in [7, 11) is 0. The molecule has 2 aliphatic rings. The maximum Gasteiger partial charge on any atom is 0.407 e. The second-order valence-corrected chi connectivity index (χ2v) is 5.35. The summed E-state index contributed by atoms with van der Waals surface area (Å²) >= 11 is 0. The van der Waals surface area contributed by atoms with Crippen molar-refractivity contribution in [2.24, 2.45) is 0 Å². The summed E-state index contributed by atoms with van der Waals surface area (Å²) < 4.78 is 5.33. The van der Waals surface area contributed by atoms with E-state index in [1.807, 2.05) is 23.1 Å². The first-order valence-corrected chi connectivity index (χ1v) is 7.17. The Bertz CT molecular complexity index is 567. The number of amidine groups is 1. The van der Waals surface area contributed by atoms with Gasteiger partial charge < -0.3 is 19.6 Å². The molecule has 1 aromatic rings. The van der Waals surface area contributed by atoms with E-state index in [1.165, 1.54) is 4.90 Å². The lowest BCUT2D eigenvalue weighted by Gasteiger charge is -2.32. The van der Waals surface area contributed by atoms with Crippen molar-refractivity contribution in [3.63, 3.8) is 0 Å². The van der Waals surface area contributed by atoms with Crippen LogP contribution in [-0.2, 0) is 17.7 Å². The van der Waals surface area contributed by atoms with Crippen molar-refractivity contribution in [2.45, 2.75) is 13.0 Å². The molecule has 112 valence electrons. The van der Waals surface area contributed by atoms with Crippen LogP contribution in [-0.4, -0.2) is 59.7 Å².